The van der Waals surface area contributed by atoms with E-state index in [1.807, 2.05) is 0 Å². The van der Waals surface area contributed by atoms with Gasteiger partial charge in [-0.15, -0.1) is 11.6 Å². The van der Waals surface area contributed by atoms with E-state index in [4.69, 9.17) is 11.6 Å². The highest BCUT2D eigenvalue weighted by Gasteiger charge is 1.89. The van der Waals surface area contributed by atoms with E-state index < -0.39 is 11.1 Å². The van der Waals surface area contributed by atoms with Crippen LogP contribution >= 0.6 is 11.6 Å². The van der Waals surface area contributed by atoms with Gasteiger partial charge in [0, 0.05) is 11.6 Å². The third-order valence-electron chi connectivity index (χ3n) is 1.44. The summed E-state index contributed by atoms with van der Waals surface area (Å²) < 4.78 is 20.1. The minimum Gasteiger partial charge on any atom is -0.772 e. The first-order valence-electron chi connectivity index (χ1n) is 3.89. The summed E-state index contributed by atoms with van der Waals surface area (Å²) in [6.07, 6.45) is 5.06. The van der Waals surface area contributed by atoms with Crippen LogP contribution in [0.1, 0.15) is 32.1 Å². The molecular weight excluding hydrogens is 184 g/mol. The summed E-state index contributed by atoms with van der Waals surface area (Å²) in [5.74, 6) is 1.02. The first-order valence-corrected chi connectivity index (χ1v) is 5.67. The van der Waals surface area contributed by atoms with Crippen LogP contribution in [0.15, 0.2) is 0 Å². The van der Waals surface area contributed by atoms with Crippen molar-refractivity contribution in [3.05, 3.63) is 0 Å². The Bertz CT molecular complexity index is 109. The first kappa shape index (κ1) is 11.4. The molecule has 0 aromatic heterocycles. The topological polar surface area (TPSA) is 40.1 Å². The van der Waals surface area contributed by atoms with Gasteiger partial charge in [0.05, 0.1) is 0 Å². The first-order chi connectivity index (χ1) is 5.27. The molecule has 0 aliphatic carbocycles. The van der Waals surface area contributed by atoms with Crippen molar-refractivity contribution in [3.8, 4) is 0 Å². The van der Waals surface area contributed by atoms with Gasteiger partial charge in [-0.05, 0) is 12.8 Å². The molecule has 0 aliphatic heterocycles. The molecule has 11 heavy (non-hydrogen) atoms. The average molecular weight is 198 g/mol. The molecule has 0 bridgehead atoms. The van der Waals surface area contributed by atoms with Crippen LogP contribution in [0, 0.1) is 0 Å². The Balaban J connectivity index is 2.85. The fourth-order valence-electron chi connectivity index (χ4n) is 0.845. The van der Waals surface area contributed by atoms with Crippen molar-refractivity contribution >= 4 is 22.7 Å². The SMILES string of the molecule is O=S([O-])CCCCCCCCl. The Morgan fingerprint density at radius 2 is 1.64 bits per heavy atom. The Morgan fingerprint density at radius 3 is 2.18 bits per heavy atom. The van der Waals surface area contributed by atoms with Gasteiger partial charge in [-0.3, -0.25) is 4.21 Å². The molecule has 0 heterocycles. The molecule has 0 aromatic rings. The fraction of sp³-hybridized carbons (Fsp3) is 1.00. The lowest BCUT2D eigenvalue weighted by Crippen LogP contribution is -1.94. The Hall–Kier alpha value is 0.400. The highest BCUT2D eigenvalue weighted by Crippen LogP contribution is 2.03. The highest BCUT2D eigenvalue weighted by molar-refractivity contribution is 7.79. The number of hydrogen-bond donors (Lipinski definition) is 0. The maximum atomic E-state index is 10.1. The molecule has 0 aromatic carbocycles. The predicted molar refractivity (Wildman–Crippen MR) is 47.6 cm³/mol. The molecule has 0 fully saturated rings. The van der Waals surface area contributed by atoms with E-state index in [1.165, 1.54) is 0 Å². The van der Waals surface area contributed by atoms with Crippen LogP contribution in [0.4, 0.5) is 0 Å². The largest absolute Gasteiger partial charge is 0.772 e. The van der Waals surface area contributed by atoms with Crippen LogP contribution in [0.2, 0.25) is 0 Å². The minimum absolute atomic E-state index is 0.306. The number of rotatable bonds is 7. The zero-order chi connectivity index (χ0) is 8.53. The molecule has 0 spiro atoms. The van der Waals surface area contributed by atoms with Crippen molar-refractivity contribution in [3.63, 3.8) is 0 Å². The van der Waals surface area contributed by atoms with Gasteiger partial charge in [-0.2, -0.15) is 0 Å². The van der Waals surface area contributed by atoms with Gasteiger partial charge in [0.1, 0.15) is 0 Å². The summed E-state index contributed by atoms with van der Waals surface area (Å²) in [5, 5.41) is 0. The van der Waals surface area contributed by atoms with E-state index in [2.05, 4.69) is 0 Å². The zero-order valence-electron chi connectivity index (χ0n) is 6.55. The van der Waals surface area contributed by atoms with Crippen LogP contribution in [0.25, 0.3) is 0 Å². The smallest absolute Gasteiger partial charge is 0.0223 e. The summed E-state index contributed by atoms with van der Waals surface area (Å²) in [6, 6.07) is 0. The number of hydrogen-bond acceptors (Lipinski definition) is 2. The van der Waals surface area contributed by atoms with Crippen molar-refractivity contribution in [2.24, 2.45) is 0 Å². The minimum atomic E-state index is -1.85. The molecule has 0 saturated heterocycles. The van der Waals surface area contributed by atoms with Gasteiger partial charge >= 0.3 is 0 Å². The van der Waals surface area contributed by atoms with Crippen molar-refractivity contribution < 1.29 is 8.76 Å². The van der Waals surface area contributed by atoms with Gasteiger partial charge in [-0.25, -0.2) is 0 Å². The molecule has 0 radical (unpaired) electrons. The molecule has 68 valence electrons. The predicted octanol–water partition coefficient (Wildman–Crippen LogP) is 2.05. The molecule has 0 amide bonds. The number of alkyl halides is 1. The zero-order valence-corrected chi connectivity index (χ0v) is 8.12. The van der Waals surface area contributed by atoms with Gasteiger partial charge in [-0.1, -0.05) is 30.3 Å². The molecule has 0 aliphatic rings. The van der Waals surface area contributed by atoms with E-state index >= 15 is 0 Å². The number of halogens is 1. The van der Waals surface area contributed by atoms with Crippen LogP contribution in [0.3, 0.4) is 0 Å². The average Bonchev–Trinajstić information content (AvgIpc) is 1.96. The lowest BCUT2D eigenvalue weighted by Gasteiger charge is -2.03. The van der Waals surface area contributed by atoms with Gasteiger partial charge in [0.25, 0.3) is 0 Å². The second kappa shape index (κ2) is 8.50. The van der Waals surface area contributed by atoms with Crippen LogP contribution in [-0.4, -0.2) is 20.4 Å². The lowest BCUT2D eigenvalue weighted by molar-refractivity contribution is 0.531. The summed E-state index contributed by atoms with van der Waals surface area (Å²) in [7, 11) is 0. The molecule has 0 rings (SSSR count). The van der Waals surface area contributed by atoms with E-state index in [9.17, 15) is 8.76 Å². The Morgan fingerprint density at radius 1 is 1.09 bits per heavy atom. The van der Waals surface area contributed by atoms with E-state index in [0.717, 1.165) is 32.1 Å². The molecule has 1 unspecified atom stereocenters. The third-order valence-corrected chi connectivity index (χ3v) is 2.33. The summed E-state index contributed by atoms with van der Waals surface area (Å²) in [6.45, 7) is 0. The van der Waals surface area contributed by atoms with Crippen molar-refractivity contribution in [1.29, 1.82) is 0 Å². The van der Waals surface area contributed by atoms with Gasteiger partial charge in [0.15, 0.2) is 0 Å². The molecule has 1 atom stereocenters. The highest BCUT2D eigenvalue weighted by atomic mass is 35.5. The summed E-state index contributed by atoms with van der Waals surface area (Å²) in [4.78, 5) is 0. The van der Waals surface area contributed by atoms with E-state index in [1.54, 1.807) is 0 Å². The van der Waals surface area contributed by atoms with Crippen LogP contribution in [-0.2, 0) is 11.1 Å². The maximum absolute atomic E-state index is 10.1. The van der Waals surface area contributed by atoms with Crippen molar-refractivity contribution in [2.45, 2.75) is 32.1 Å². The standard InChI is InChI=1S/C7H15ClO2S/c8-6-4-2-1-3-5-7-11(9)10/h1-7H2,(H,9,10)/p-1. The Kier molecular flexibility index (Phi) is 8.81. The van der Waals surface area contributed by atoms with Gasteiger partial charge in [0.2, 0.25) is 0 Å². The molecule has 0 N–H and O–H groups in total. The Labute approximate surface area is 75.6 Å². The normalized spacial score (nSPS) is 13.3. The summed E-state index contributed by atoms with van der Waals surface area (Å²) in [5.41, 5.74) is 0. The van der Waals surface area contributed by atoms with E-state index in [0.29, 0.717) is 11.6 Å². The molecule has 2 nitrogen and oxygen atoms in total. The van der Waals surface area contributed by atoms with E-state index in [-0.39, 0.29) is 0 Å². The maximum Gasteiger partial charge on any atom is 0.0223 e. The van der Waals surface area contributed by atoms with Gasteiger partial charge < -0.3 is 4.55 Å². The second-order valence-corrected chi connectivity index (χ2v) is 3.86. The van der Waals surface area contributed by atoms with Crippen molar-refractivity contribution in [1.82, 2.24) is 0 Å². The molecular formula is C7H14ClO2S-. The van der Waals surface area contributed by atoms with Crippen LogP contribution < -0.4 is 0 Å². The monoisotopic (exact) mass is 197 g/mol. The quantitative estimate of drug-likeness (QED) is 0.356. The van der Waals surface area contributed by atoms with Crippen LogP contribution in [0.5, 0.6) is 0 Å². The number of unbranched alkanes of at least 4 members (excludes halogenated alkanes) is 4. The molecule has 4 heteroatoms. The third kappa shape index (κ3) is 10.4. The molecule has 0 saturated carbocycles. The second-order valence-electron chi connectivity index (χ2n) is 2.46. The fourth-order valence-corrected chi connectivity index (χ4v) is 1.47. The lowest BCUT2D eigenvalue weighted by atomic mass is 10.2. The summed E-state index contributed by atoms with van der Waals surface area (Å²) >= 11 is 3.62. The van der Waals surface area contributed by atoms with Crippen molar-refractivity contribution in [2.75, 3.05) is 11.6 Å².